The summed E-state index contributed by atoms with van der Waals surface area (Å²) in [5, 5.41) is 3.15. The van der Waals surface area contributed by atoms with Gasteiger partial charge in [-0.25, -0.2) is 4.79 Å². The van der Waals surface area contributed by atoms with E-state index in [0.29, 0.717) is 5.92 Å². The van der Waals surface area contributed by atoms with Crippen LogP contribution in [-0.2, 0) is 16.0 Å². The smallest absolute Gasteiger partial charge is 0.318 e. The molecule has 4 rings (SSSR count). The normalized spacial score (nSPS) is 26.5. The molecule has 2 amide bonds. The molecule has 1 aromatic heterocycles. The van der Waals surface area contributed by atoms with E-state index in [9.17, 15) is 4.79 Å². The van der Waals surface area contributed by atoms with Gasteiger partial charge in [0, 0.05) is 44.4 Å². The van der Waals surface area contributed by atoms with Gasteiger partial charge < -0.3 is 24.3 Å². The molecule has 1 aliphatic carbocycles. The van der Waals surface area contributed by atoms with Crippen molar-refractivity contribution >= 4 is 6.03 Å². The minimum atomic E-state index is -0.312. The molecule has 6 nitrogen and oxygen atoms in total. The number of carbonyl (C=O) groups is 1. The van der Waals surface area contributed by atoms with E-state index in [1.54, 1.807) is 0 Å². The number of amides is 2. The Bertz CT molecular complexity index is 584. The zero-order valence-electron chi connectivity index (χ0n) is 14.4. The van der Waals surface area contributed by atoms with Crippen LogP contribution in [0, 0.1) is 5.92 Å². The molecular formula is C18H27N3O3. The average molecular weight is 333 g/mol. The van der Waals surface area contributed by atoms with E-state index < -0.39 is 0 Å². The summed E-state index contributed by atoms with van der Waals surface area (Å²) < 4.78 is 13.8. The molecule has 1 atom stereocenters. The molecule has 2 aliphatic heterocycles. The molecule has 6 heteroatoms. The maximum absolute atomic E-state index is 12.6. The largest absolute Gasteiger partial charge is 0.348 e. The van der Waals surface area contributed by atoms with E-state index in [2.05, 4.69) is 35.1 Å². The number of carbonyl (C=O) groups excluding carboxylic acids is 1. The van der Waals surface area contributed by atoms with Crippen molar-refractivity contribution in [3.63, 3.8) is 0 Å². The van der Waals surface area contributed by atoms with Crippen LogP contribution in [0.4, 0.5) is 4.79 Å². The zero-order chi connectivity index (χ0) is 16.6. The fraction of sp³-hybridized carbons (Fsp3) is 0.722. The Morgan fingerprint density at radius 3 is 2.79 bits per heavy atom. The summed E-state index contributed by atoms with van der Waals surface area (Å²) >= 11 is 0. The number of rotatable bonds is 2. The van der Waals surface area contributed by atoms with Crippen molar-refractivity contribution < 1.29 is 14.3 Å². The van der Waals surface area contributed by atoms with Gasteiger partial charge in [-0.3, -0.25) is 0 Å². The minimum absolute atomic E-state index is 0.0589. The minimum Gasteiger partial charge on any atom is -0.348 e. The summed E-state index contributed by atoms with van der Waals surface area (Å²) in [6.45, 7) is 5.93. The highest BCUT2D eigenvalue weighted by Crippen LogP contribution is 2.38. The van der Waals surface area contributed by atoms with Crippen LogP contribution in [0.2, 0.25) is 0 Å². The summed E-state index contributed by atoms with van der Waals surface area (Å²) in [4.78, 5) is 14.5. The summed E-state index contributed by atoms with van der Waals surface area (Å²) in [7, 11) is 0. The summed E-state index contributed by atoms with van der Waals surface area (Å²) in [5.41, 5.74) is 1.21. The number of nitrogens with zero attached hydrogens (tertiary/aromatic N) is 2. The molecule has 3 aliphatic rings. The monoisotopic (exact) mass is 333 g/mol. The lowest BCUT2D eigenvalue weighted by Gasteiger charge is -2.37. The van der Waals surface area contributed by atoms with Crippen LogP contribution in [0.1, 0.15) is 44.3 Å². The second kappa shape index (κ2) is 6.41. The van der Waals surface area contributed by atoms with E-state index in [0.717, 1.165) is 58.5 Å². The van der Waals surface area contributed by atoms with Gasteiger partial charge in [0.15, 0.2) is 5.79 Å². The Morgan fingerprint density at radius 2 is 2.04 bits per heavy atom. The molecule has 1 N–H and O–H groups in total. The first-order valence-electron chi connectivity index (χ1n) is 9.14. The Morgan fingerprint density at radius 1 is 1.29 bits per heavy atom. The Balaban J connectivity index is 1.27. The molecule has 0 aromatic carbocycles. The fourth-order valence-electron chi connectivity index (χ4n) is 4.30. The van der Waals surface area contributed by atoms with Crippen molar-refractivity contribution in [3.8, 4) is 0 Å². The van der Waals surface area contributed by atoms with Crippen LogP contribution in [-0.4, -0.2) is 47.6 Å². The molecule has 132 valence electrons. The number of ether oxygens (including phenoxy) is 2. The van der Waals surface area contributed by atoms with E-state index in [4.69, 9.17) is 9.47 Å². The van der Waals surface area contributed by atoms with Crippen molar-refractivity contribution in [2.24, 2.45) is 5.92 Å². The molecule has 1 aromatic rings. The zero-order valence-corrected chi connectivity index (χ0v) is 14.4. The first kappa shape index (κ1) is 16.0. The van der Waals surface area contributed by atoms with Gasteiger partial charge in [0.2, 0.25) is 0 Å². The number of fused-ring (bicyclic) bond motifs is 1. The van der Waals surface area contributed by atoms with Gasteiger partial charge in [-0.1, -0.05) is 0 Å². The molecule has 1 saturated carbocycles. The van der Waals surface area contributed by atoms with E-state index >= 15 is 0 Å². The number of urea groups is 1. The third kappa shape index (κ3) is 2.93. The van der Waals surface area contributed by atoms with Crippen LogP contribution in [0.5, 0.6) is 0 Å². The number of nitrogens with one attached hydrogen (secondary N) is 1. The maximum atomic E-state index is 12.6. The topological polar surface area (TPSA) is 55.7 Å². The second-order valence-corrected chi connectivity index (χ2v) is 7.23. The fourth-order valence-corrected chi connectivity index (χ4v) is 4.30. The van der Waals surface area contributed by atoms with Gasteiger partial charge >= 0.3 is 6.03 Å². The van der Waals surface area contributed by atoms with Crippen molar-refractivity contribution in [2.45, 2.75) is 51.0 Å². The lowest BCUT2D eigenvalue weighted by atomic mass is 9.85. The molecule has 3 heterocycles. The molecule has 1 saturated heterocycles. The van der Waals surface area contributed by atoms with E-state index in [-0.39, 0.29) is 17.9 Å². The van der Waals surface area contributed by atoms with Crippen LogP contribution in [0.15, 0.2) is 18.3 Å². The lowest BCUT2D eigenvalue weighted by Crippen LogP contribution is -2.47. The number of hydrogen-bond donors (Lipinski definition) is 1. The van der Waals surface area contributed by atoms with Crippen LogP contribution < -0.4 is 5.32 Å². The Kier molecular flexibility index (Phi) is 4.26. The number of aromatic nitrogens is 1. The lowest BCUT2D eigenvalue weighted by molar-refractivity contribution is -0.182. The standard InChI is InChI=1S/C18H27N3O3/c1-14-16-3-2-8-20(16)9-10-21(14)17(22)19-13-15-4-6-18(7-5-15)23-11-12-24-18/h2-3,8,14-15H,4-7,9-13H2,1H3,(H,19,22). The molecule has 1 unspecified atom stereocenters. The van der Waals surface area contributed by atoms with Crippen molar-refractivity contribution in [3.05, 3.63) is 24.0 Å². The highest BCUT2D eigenvalue weighted by Gasteiger charge is 2.40. The van der Waals surface area contributed by atoms with Crippen LogP contribution in [0.3, 0.4) is 0 Å². The maximum Gasteiger partial charge on any atom is 0.318 e. The highest BCUT2D eigenvalue weighted by atomic mass is 16.7. The van der Waals surface area contributed by atoms with Gasteiger partial charge in [-0.2, -0.15) is 0 Å². The summed E-state index contributed by atoms with van der Waals surface area (Å²) in [6.07, 6.45) is 6.09. The third-order valence-corrected chi connectivity index (χ3v) is 5.83. The number of hydrogen-bond acceptors (Lipinski definition) is 3. The Hall–Kier alpha value is -1.53. The van der Waals surface area contributed by atoms with Crippen molar-refractivity contribution in [1.29, 1.82) is 0 Å². The first-order chi connectivity index (χ1) is 11.7. The van der Waals surface area contributed by atoms with E-state index in [1.165, 1.54) is 5.69 Å². The SMILES string of the molecule is CC1c2cccn2CCN1C(=O)NCC1CCC2(CC1)OCCO2. The predicted molar refractivity (Wildman–Crippen MR) is 89.5 cm³/mol. The van der Waals surface area contributed by atoms with Gasteiger partial charge in [0.05, 0.1) is 19.3 Å². The third-order valence-electron chi connectivity index (χ3n) is 5.83. The van der Waals surface area contributed by atoms with Gasteiger partial charge in [-0.15, -0.1) is 0 Å². The summed E-state index contributed by atoms with van der Waals surface area (Å²) in [5.74, 6) is 0.212. The van der Waals surface area contributed by atoms with Gasteiger partial charge in [-0.05, 0) is 37.8 Å². The van der Waals surface area contributed by atoms with E-state index in [1.807, 2.05) is 4.90 Å². The second-order valence-electron chi connectivity index (χ2n) is 7.23. The van der Waals surface area contributed by atoms with Crippen molar-refractivity contribution in [1.82, 2.24) is 14.8 Å². The molecular weight excluding hydrogens is 306 g/mol. The molecule has 0 bridgehead atoms. The molecule has 0 radical (unpaired) electrons. The summed E-state index contributed by atoms with van der Waals surface area (Å²) in [6, 6.07) is 4.34. The molecule has 2 fully saturated rings. The molecule has 24 heavy (non-hydrogen) atoms. The van der Waals surface area contributed by atoms with Gasteiger partial charge in [0.25, 0.3) is 0 Å². The average Bonchev–Trinajstić information content (AvgIpc) is 3.25. The predicted octanol–water partition coefficient (Wildman–Crippen LogP) is 2.51. The van der Waals surface area contributed by atoms with Crippen LogP contribution in [0.25, 0.3) is 0 Å². The quantitative estimate of drug-likeness (QED) is 0.905. The van der Waals surface area contributed by atoms with Crippen molar-refractivity contribution in [2.75, 3.05) is 26.3 Å². The van der Waals surface area contributed by atoms with Crippen LogP contribution >= 0.6 is 0 Å². The Labute approximate surface area is 143 Å². The van der Waals surface area contributed by atoms with Gasteiger partial charge in [0.1, 0.15) is 0 Å². The first-order valence-corrected chi connectivity index (χ1v) is 9.14. The molecule has 1 spiro atoms. The highest BCUT2D eigenvalue weighted by molar-refractivity contribution is 5.74.